The van der Waals surface area contributed by atoms with Crippen LogP contribution in [0.5, 0.6) is 0 Å². The number of non-ortho nitro benzene ring substituents is 1. The Kier molecular flexibility index (Phi) is 4.81. The number of hydrazone groups is 1. The fourth-order valence-corrected chi connectivity index (χ4v) is 2.66. The first-order chi connectivity index (χ1) is 13.0. The molecule has 0 aliphatic carbocycles. The van der Waals surface area contributed by atoms with E-state index in [-0.39, 0.29) is 11.4 Å². The van der Waals surface area contributed by atoms with Crippen LogP contribution in [0.1, 0.15) is 5.56 Å². The van der Waals surface area contributed by atoms with Gasteiger partial charge < -0.3 is 4.57 Å². The van der Waals surface area contributed by atoms with Crippen molar-refractivity contribution < 1.29 is 9.85 Å². The van der Waals surface area contributed by atoms with E-state index in [0.29, 0.717) is 6.54 Å². The Morgan fingerprint density at radius 3 is 2.67 bits per heavy atom. The van der Waals surface area contributed by atoms with Gasteiger partial charge in [-0.15, -0.1) is 6.42 Å². The van der Waals surface area contributed by atoms with Gasteiger partial charge in [-0.25, -0.2) is 0 Å². The van der Waals surface area contributed by atoms with Gasteiger partial charge in [0.25, 0.3) is 5.69 Å². The van der Waals surface area contributed by atoms with E-state index in [1.807, 2.05) is 35.0 Å². The van der Waals surface area contributed by atoms with E-state index in [4.69, 9.17) is 6.42 Å². The van der Waals surface area contributed by atoms with Crippen LogP contribution in [0.3, 0.4) is 0 Å². The van der Waals surface area contributed by atoms with Crippen LogP contribution in [0.2, 0.25) is 0 Å². The standard InChI is InChI=1S/C18H13N5O4/c1-2-9-21-12-13(15-5-3-4-6-17(15)21)11-19-20-16-8-7-14(22(24)25)10-18(16)23(26)27/h1,3-8,10-12,20H,9H2/b19-11-. The minimum atomic E-state index is -0.705. The number of hydrogen-bond acceptors (Lipinski definition) is 6. The van der Waals surface area contributed by atoms with Crippen LogP contribution in [0, 0.1) is 32.6 Å². The van der Waals surface area contributed by atoms with Gasteiger partial charge in [0.15, 0.2) is 0 Å². The summed E-state index contributed by atoms with van der Waals surface area (Å²) < 4.78 is 1.89. The van der Waals surface area contributed by atoms with Gasteiger partial charge in [0.2, 0.25) is 0 Å². The summed E-state index contributed by atoms with van der Waals surface area (Å²) in [4.78, 5) is 20.5. The lowest BCUT2D eigenvalue weighted by molar-refractivity contribution is -0.393. The lowest BCUT2D eigenvalue weighted by Crippen LogP contribution is -1.98. The average Bonchev–Trinajstić information content (AvgIpc) is 3.00. The number of nitro benzene ring substituents is 2. The summed E-state index contributed by atoms with van der Waals surface area (Å²) >= 11 is 0. The molecule has 0 aliphatic rings. The molecule has 0 radical (unpaired) electrons. The molecule has 0 amide bonds. The minimum Gasteiger partial charge on any atom is -0.335 e. The smallest absolute Gasteiger partial charge is 0.301 e. The van der Waals surface area contributed by atoms with Crippen molar-refractivity contribution in [3.05, 3.63) is 74.5 Å². The molecule has 9 nitrogen and oxygen atoms in total. The van der Waals surface area contributed by atoms with Crippen molar-refractivity contribution in [3.63, 3.8) is 0 Å². The first-order valence-corrected chi connectivity index (χ1v) is 7.74. The van der Waals surface area contributed by atoms with Crippen LogP contribution in [-0.2, 0) is 6.54 Å². The van der Waals surface area contributed by atoms with Crippen molar-refractivity contribution in [2.45, 2.75) is 6.54 Å². The molecule has 0 saturated carbocycles. The molecule has 0 saturated heterocycles. The summed E-state index contributed by atoms with van der Waals surface area (Å²) in [7, 11) is 0. The van der Waals surface area contributed by atoms with E-state index in [9.17, 15) is 20.2 Å². The highest BCUT2D eigenvalue weighted by Gasteiger charge is 2.19. The molecule has 0 fully saturated rings. The molecule has 0 unspecified atom stereocenters. The normalized spacial score (nSPS) is 10.8. The fourth-order valence-electron chi connectivity index (χ4n) is 2.66. The predicted molar refractivity (Wildman–Crippen MR) is 102 cm³/mol. The summed E-state index contributed by atoms with van der Waals surface area (Å²) in [6.45, 7) is 0.398. The van der Waals surface area contributed by atoms with E-state index in [1.165, 1.54) is 18.3 Å². The third-order valence-corrected chi connectivity index (χ3v) is 3.86. The predicted octanol–water partition coefficient (Wildman–Crippen LogP) is 3.54. The molecule has 1 N–H and O–H groups in total. The average molecular weight is 363 g/mol. The quantitative estimate of drug-likeness (QED) is 0.311. The third-order valence-electron chi connectivity index (χ3n) is 3.86. The number of fused-ring (bicyclic) bond motifs is 1. The lowest BCUT2D eigenvalue weighted by atomic mass is 10.2. The van der Waals surface area contributed by atoms with Crippen LogP contribution in [0.4, 0.5) is 17.1 Å². The van der Waals surface area contributed by atoms with E-state index in [1.54, 1.807) is 0 Å². The van der Waals surface area contributed by atoms with Crippen molar-refractivity contribution >= 4 is 34.2 Å². The number of anilines is 1. The molecule has 3 aromatic rings. The summed E-state index contributed by atoms with van der Waals surface area (Å²) in [5, 5.41) is 26.9. The molecule has 0 spiro atoms. The molecule has 0 atom stereocenters. The molecule has 1 aromatic heterocycles. The van der Waals surface area contributed by atoms with Crippen molar-refractivity contribution in [2.24, 2.45) is 5.10 Å². The van der Waals surface area contributed by atoms with Crippen LogP contribution in [0.25, 0.3) is 10.9 Å². The number of benzene rings is 2. The van der Waals surface area contributed by atoms with Gasteiger partial charge in [-0.2, -0.15) is 5.10 Å². The summed E-state index contributed by atoms with van der Waals surface area (Å²) in [5.74, 6) is 2.58. The maximum Gasteiger partial charge on any atom is 0.301 e. The Morgan fingerprint density at radius 2 is 1.96 bits per heavy atom. The first-order valence-electron chi connectivity index (χ1n) is 7.74. The highest BCUT2D eigenvalue weighted by molar-refractivity contribution is 5.99. The SMILES string of the molecule is C#CCn1cc(/C=N\Nc2ccc([N+](=O)[O-])cc2[N+](=O)[O-])c2ccccc21. The zero-order valence-electron chi connectivity index (χ0n) is 13.9. The summed E-state index contributed by atoms with van der Waals surface area (Å²) in [6, 6.07) is 10.9. The zero-order chi connectivity index (χ0) is 19.4. The second kappa shape index (κ2) is 7.37. The van der Waals surface area contributed by atoms with Crippen LogP contribution in [0.15, 0.2) is 53.8 Å². The number of hydrogen-bond donors (Lipinski definition) is 1. The largest absolute Gasteiger partial charge is 0.335 e. The Hall–Kier alpha value is -4.19. The Bertz CT molecular complexity index is 1110. The second-order valence-electron chi connectivity index (χ2n) is 5.52. The number of nitrogens with one attached hydrogen (secondary N) is 1. The number of rotatable bonds is 6. The first kappa shape index (κ1) is 17.6. The molecular formula is C18H13N5O4. The van der Waals surface area contributed by atoms with Crippen molar-refractivity contribution in [2.75, 3.05) is 5.43 Å². The third kappa shape index (κ3) is 3.59. The van der Waals surface area contributed by atoms with Gasteiger partial charge in [0.05, 0.1) is 28.7 Å². The topological polar surface area (TPSA) is 116 Å². The molecule has 9 heteroatoms. The van der Waals surface area contributed by atoms with E-state index < -0.39 is 15.5 Å². The van der Waals surface area contributed by atoms with Gasteiger partial charge in [-0.05, 0) is 12.1 Å². The number of terminal acetylenes is 1. The number of para-hydroxylation sites is 1. The maximum atomic E-state index is 11.1. The van der Waals surface area contributed by atoms with Crippen molar-refractivity contribution in [1.82, 2.24) is 4.57 Å². The summed E-state index contributed by atoms with van der Waals surface area (Å²) in [5.41, 5.74) is 3.54. The monoisotopic (exact) mass is 363 g/mol. The number of nitro groups is 2. The Labute approximate surface area is 153 Å². The molecule has 2 aromatic carbocycles. The summed E-state index contributed by atoms with van der Waals surface area (Å²) in [6.07, 6.45) is 8.73. The van der Waals surface area contributed by atoms with Gasteiger partial charge in [0, 0.05) is 28.7 Å². The minimum absolute atomic E-state index is 0.0502. The molecular weight excluding hydrogens is 350 g/mol. The van der Waals surface area contributed by atoms with E-state index >= 15 is 0 Å². The van der Waals surface area contributed by atoms with Crippen molar-refractivity contribution in [3.8, 4) is 12.3 Å². The highest BCUT2D eigenvalue weighted by Crippen LogP contribution is 2.29. The molecule has 0 bridgehead atoms. The van der Waals surface area contributed by atoms with Gasteiger partial charge in [-0.1, -0.05) is 24.1 Å². The number of nitrogens with zero attached hydrogens (tertiary/aromatic N) is 4. The number of aromatic nitrogens is 1. The van der Waals surface area contributed by atoms with Crippen molar-refractivity contribution in [1.29, 1.82) is 0 Å². The Morgan fingerprint density at radius 1 is 1.19 bits per heavy atom. The molecule has 134 valence electrons. The van der Waals surface area contributed by atoms with E-state index in [0.717, 1.165) is 22.5 Å². The van der Waals surface area contributed by atoms with Crippen LogP contribution < -0.4 is 5.43 Å². The second-order valence-corrected chi connectivity index (χ2v) is 5.52. The molecule has 1 heterocycles. The van der Waals surface area contributed by atoms with Gasteiger partial charge >= 0.3 is 5.69 Å². The molecule has 0 aliphatic heterocycles. The molecule has 3 rings (SSSR count). The van der Waals surface area contributed by atoms with Gasteiger partial charge in [0.1, 0.15) is 5.69 Å². The van der Waals surface area contributed by atoms with Crippen LogP contribution in [-0.4, -0.2) is 20.6 Å². The van der Waals surface area contributed by atoms with Crippen LogP contribution >= 0.6 is 0 Å². The maximum absolute atomic E-state index is 11.1. The van der Waals surface area contributed by atoms with E-state index in [2.05, 4.69) is 16.4 Å². The van der Waals surface area contributed by atoms with Gasteiger partial charge in [-0.3, -0.25) is 25.7 Å². The highest BCUT2D eigenvalue weighted by atomic mass is 16.6. The zero-order valence-corrected chi connectivity index (χ0v) is 13.9. The Balaban J connectivity index is 1.90. The lowest BCUT2D eigenvalue weighted by Gasteiger charge is -2.01. The fraction of sp³-hybridized carbons (Fsp3) is 0.0556. The molecule has 27 heavy (non-hydrogen) atoms.